The molecule has 5 nitrogen and oxygen atoms in total. The van der Waals surface area contributed by atoms with Crippen LogP contribution in [0.15, 0.2) is 77.1 Å². The first-order valence-electron chi connectivity index (χ1n) is 9.15. The third-order valence-electron chi connectivity index (χ3n) is 4.74. The molecule has 0 saturated heterocycles. The molecule has 0 amide bonds. The number of hydrogen-bond acceptors (Lipinski definition) is 5. The van der Waals surface area contributed by atoms with Crippen LogP contribution in [-0.4, -0.2) is 14.2 Å². The summed E-state index contributed by atoms with van der Waals surface area (Å²) in [5.74, 6) is -0.462. The summed E-state index contributed by atoms with van der Waals surface area (Å²) in [6.45, 7) is 2.62. The predicted octanol–water partition coefficient (Wildman–Crippen LogP) is 4.22. The first-order chi connectivity index (χ1) is 14.0. The lowest BCUT2D eigenvalue weighted by Crippen LogP contribution is -2.38. The fourth-order valence-electron chi connectivity index (χ4n) is 3.17. The van der Waals surface area contributed by atoms with Gasteiger partial charge in [-0.25, -0.2) is 8.42 Å². The molecule has 0 bridgehead atoms. The maximum Gasteiger partial charge on any atom is 0.270 e. The van der Waals surface area contributed by atoms with Gasteiger partial charge >= 0.3 is 0 Å². The monoisotopic (exact) mass is 424 g/mol. The van der Waals surface area contributed by atoms with Crippen LogP contribution < -0.4 is 9.62 Å². The molecule has 0 aliphatic carbocycles. The number of nitrogens with zero attached hydrogens (tertiary/aromatic N) is 1. The number of rotatable bonds is 5. The largest absolute Gasteiger partial charge is 0.386 e. The zero-order valence-corrected chi connectivity index (χ0v) is 17.5. The zero-order chi connectivity index (χ0) is 20.4. The number of carbonyl (C=O) groups is 1. The molecule has 0 atom stereocenters. The minimum atomic E-state index is -3.97. The summed E-state index contributed by atoms with van der Waals surface area (Å²) in [4.78, 5) is 13.1. The molecule has 3 aromatic rings. The highest BCUT2D eigenvalue weighted by Gasteiger charge is 2.41. The molecule has 0 radical (unpaired) electrons. The lowest BCUT2D eigenvalue weighted by molar-refractivity contribution is 0.104. The maximum absolute atomic E-state index is 13.3. The molecule has 1 aliphatic heterocycles. The van der Waals surface area contributed by atoms with Crippen molar-refractivity contribution in [2.24, 2.45) is 0 Å². The first kappa shape index (κ1) is 19.4. The summed E-state index contributed by atoms with van der Waals surface area (Å²) < 4.78 is 27.9. The summed E-state index contributed by atoms with van der Waals surface area (Å²) in [6.07, 6.45) is 1.33. The number of hydrogen-bond donors (Lipinski definition) is 1. The molecule has 1 aromatic heterocycles. The van der Waals surface area contributed by atoms with Crippen LogP contribution in [0.3, 0.4) is 0 Å². The van der Waals surface area contributed by atoms with Crippen LogP contribution >= 0.6 is 11.3 Å². The number of aryl methyl sites for hydroxylation is 1. The third kappa shape index (κ3) is 3.83. The highest BCUT2D eigenvalue weighted by atomic mass is 32.2. The number of benzene rings is 2. The Morgan fingerprint density at radius 3 is 2.45 bits per heavy atom. The number of carbonyl (C=O) groups excluding carboxylic acids is 1. The van der Waals surface area contributed by atoms with Gasteiger partial charge in [0.1, 0.15) is 4.88 Å². The maximum atomic E-state index is 13.3. The van der Waals surface area contributed by atoms with Crippen LogP contribution in [0.2, 0.25) is 0 Å². The van der Waals surface area contributed by atoms with Crippen molar-refractivity contribution in [3.8, 4) is 0 Å². The summed E-state index contributed by atoms with van der Waals surface area (Å²) in [7, 11) is -3.97. The molecule has 1 aliphatic rings. The van der Waals surface area contributed by atoms with Crippen LogP contribution in [0, 0.1) is 6.92 Å². The third-order valence-corrected chi connectivity index (χ3v) is 7.41. The van der Waals surface area contributed by atoms with Crippen LogP contribution in [-0.2, 0) is 23.1 Å². The second kappa shape index (κ2) is 7.85. The number of thiophene rings is 1. The Labute approximate surface area is 174 Å². The quantitative estimate of drug-likeness (QED) is 0.623. The van der Waals surface area contributed by atoms with Gasteiger partial charge in [0.25, 0.3) is 10.0 Å². The number of fused-ring (bicyclic) bond motifs is 1. The Morgan fingerprint density at radius 2 is 1.72 bits per heavy atom. The Balaban J connectivity index is 1.65. The summed E-state index contributed by atoms with van der Waals surface area (Å²) >= 11 is 1.26. The Hall–Kier alpha value is -2.90. The smallest absolute Gasteiger partial charge is 0.270 e. The average molecular weight is 425 g/mol. The average Bonchev–Trinajstić information content (AvgIpc) is 3.20. The Morgan fingerprint density at radius 1 is 1.00 bits per heavy atom. The van der Waals surface area contributed by atoms with E-state index in [-0.39, 0.29) is 11.4 Å². The molecular weight excluding hydrogens is 404 g/mol. The van der Waals surface area contributed by atoms with Crippen molar-refractivity contribution in [3.05, 3.63) is 98.7 Å². The molecule has 4 rings (SSSR count). The van der Waals surface area contributed by atoms with E-state index in [9.17, 15) is 13.2 Å². The van der Waals surface area contributed by atoms with Crippen molar-refractivity contribution < 1.29 is 13.2 Å². The van der Waals surface area contributed by atoms with Crippen LogP contribution in [0.25, 0.3) is 0 Å². The highest BCUT2D eigenvalue weighted by molar-refractivity contribution is 7.97. The van der Waals surface area contributed by atoms with Gasteiger partial charge in [-0.05, 0) is 29.5 Å². The van der Waals surface area contributed by atoms with Gasteiger partial charge in [0.15, 0.2) is 4.91 Å². The topological polar surface area (TPSA) is 66.5 Å². The minimum Gasteiger partial charge on any atom is -0.386 e. The van der Waals surface area contributed by atoms with Crippen molar-refractivity contribution >= 4 is 32.8 Å². The van der Waals surface area contributed by atoms with Crippen molar-refractivity contribution in [1.82, 2.24) is 5.32 Å². The normalized spacial score (nSPS) is 16.7. The number of allylic oxidation sites excluding steroid dienone is 1. The lowest BCUT2D eigenvalue weighted by Gasteiger charge is -2.29. The van der Waals surface area contributed by atoms with Crippen molar-refractivity contribution in [2.75, 3.05) is 4.31 Å². The van der Waals surface area contributed by atoms with Crippen molar-refractivity contribution in [1.29, 1.82) is 0 Å². The highest BCUT2D eigenvalue weighted by Crippen LogP contribution is 2.39. The lowest BCUT2D eigenvalue weighted by atomic mass is 10.1. The molecule has 2 aromatic carbocycles. The fourth-order valence-corrected chi connectivity index (χ4v) is 5.68. The van der Waals surface area contributed by atoms with Gasteiger partial charge in [-0.3, -0.25) is 9.10 Å². The van der Waals surface area contributed by atoms with Gasteiger partial charge in [-0.2, -0.15) is 0 Å². The van der Waals surface area contributed by atoms with Crippen molar-refractivity contribution in [2.45, 2.75) is 20.0 Å². The summed E-state index contributed by atoms with van der Waals surface area (Å²) in [6, 6.07) is 19.0. The van der Waals surface area contributed by atoms with E-state index < -0.39 is 15.8 Å². The van der Waals surface area contributed by atoms with Gasteiger partial charge in [-0.1, -0.05) is 60.2 Å². The molecule has 0 saturated carbocycles. The molecule has 148 valence electrons. The molecule has 1 N–H and O–H groups in total. The Bertz CT molecular complexity index is 1160. The van der Waals surface area contributed by atoms with Gasteiger partial charge in [-0.15, -0.1) is 11.3 Å². The standard InChI is InChI=1S/C22H20N2O3S2/c1-16-7-9-17(10-8-16)13-23-14-20-21(25)22-19(11-12-28-22)24(29(20,26)27)15-18-5-3-2-4-6-18/h2-12,14,23H,13,15H2,1H3. The predicted molar refractivity (Wildman–Crippen MR) is 116 cm³/mol. The van der Waals surface area contributed by atoms with E-state index in [0.717, 1.165) is 16.7 Å². The number of ketones is 1. The number of anilines is 1. The minimum absolute atomic E-state index is 0.176. The molecular formula is C22H20N2O3S2. The van der Waals surface area contributed by atoms with E-state index in [4.69, 9.17) is 0 Å². The van der Waals surface area contributed by atoms with E-state index in [1.54, 1.807) is 11.4 Å². The second-order valence-electron chi connectivity index (χ2n) is 6.84. The second-order valence-corrected chi connectivity index (χ2v) is 9.58. The Kier molecular flexibility index (Phi) is 5.25. The molecule has 0 fully saturated rings. The summed E-state index contributed by atoms with van der Waals surface area (Å²) in [5, 5.41) is 4.75. The van der Waals surface area contributed by atoms with E-state index in [0.29, 0.717) is 17.1 Å². The van der Waals surface area contributed by atoms with Gasteiger partial charge < -0.3 is 5.32 Å². The fraction of sp³-hybridized carbons (Fsp3) is 0.136. The molecule has 0 spiro atoms. The van der Waals surface area contributed by atoms with Crippen LogP contribution in [0.1, 0.15) is 26.4 Å². The molecule has 29 heavy (non-hydrogen) atoms. The molecule has 0 unspecified atom stereocenters. The zero-order valence-electron chi connectivity index (χ0n) is 15.8. The van der Waals surface area contributed by atoms with E-state index in [1.807, 2.05) is 61.5 Å². The van der Waals surface area contributed by atoms with E-state index >= 15 is 0 Å². The van der Waals surface area contributed by atoms with Crippen LogP contribution in [0.5, 0.6) is 0 Å². The van der Waals surface area contributed by atoms with Gasteiger partial charge in [0.05, 0.1) is 12.2 Å². The van der Waals surface area contributed by atoms with Crippen LogP contribution in [0.4, 0.5) is 5.69 Å². The van der Waals surface area contributed by atoms with Gasteiger partial charge in [0.2, 0.25) is 5.78 Å². The number of sulfonamides is 1. The van der Waals surface area contributed by atoms with E-state index in [1.165, 1.54) is 21.8 Å². The van der Waals surface area contributed by atoms with Gasteiger partial charge in [0, 0.05) is 12.7 Å². The van der Waals surface area contributed by atoms with E-state index in [2.05, 4.69) is 5.32 Å². The molecule has 7 heteroatoms. The number of Topliss-reactive ketones (excluding diaryl/α,β-unsaturated/α-hetero) is 1. The molecule has 2 heterocycles. The SMILES string of the molecule is Cc1ccc(CNC=C2C(=O)c3sccc3N(Cc3ccccc3)S2(=O)=O)cc1. The number of nitrogens with one attached hydrogen (secondary N) is 1. The summed E-state index contributed by atoms with van der Waals surface area (Å²) in [5.41, 5.74) is 3.46. The van der Waals surface area contributed by atoms with Crippen molar-refractivity contribution in [3.63, 3.8) is 0 Å². The first-order valence-corrected chi connectivity index (χ1v) is 11.5.